The summed E-state index contributed by atoms with van der Waals surface area (Å²) in [4.78, 5) is 2.60. The minimum absolute atomic E-state index is 0.780. The molecular weight excluding hydrogens is 184 g/mol. The Morgan fingerprint density at radius 2 is 1.53 bits per heavy atom. The zero-order valence-corrected chi connectivity index (χ0v) is 11.3. The molecule has 1 N–H and O–H groups in total. The Hall–Kier alpha value is -0.0800. The van der Waals surface area contributed by atoms with Gasteiger partial charge >= 0.3 is 0 Å². The van der Waals surface area contributed by atoms with Crippen molar-refractivity contribution in [3.8, 4) is 0 Å². The average Bonchev–Trinajstić information content (AvgIpc) is 2.10. The standard InChI is InChI=1S/C13H30N2/c1-6-14-8-7-9-15(10-12(2)3)11-13(4)5/h12-14H,6-11H2,1-5H3. The minimum Gasteiger partial charge on any atom is -0.317 e. The van der Waals surface area contributed by atoms with Gasteiger partial charge in [0.1, 0.15) is 0 Å². The minimum atomic E-state index is 0.780. The number of nitrogens with zero attached hydrogens (tertiary/aromatic N) is 1. The summed E-state index contributed by atoms with van der Waals surface area (Å²) in [5, 5.41) is 3.38. The predicted molar refractivity (Wildman–Crippen MR) is 69.3 cm³/mol. The van der Waals surface area contributed by atoms with E-state index in [9.17, 15) is 0 Å². The van der Waals surface area contributed by atoms with E-state index < -0.39 is 0 Å². The zero-order valence-electron chi connectivity index (χ0n) is 11.3. The van der Waals surface area contributed by atoms with Gasteiger partial charge in [-0.15, -0.1) is 0 Å². The van der Waals surface area contributed by atoms with Gasteiger partial charge in [0.2, 0.25) is 0 Å². The maximum atomic E-state index is 3.38. The third-order valence-electron chi connectivity index (χ3n) is 2.32. The summed E-state index contributed by atoms with van der Waals surface area (Å²) in [5.41, 5.74) is 0. The molecule has 0 spiro atoms. The highest BCUT2D eigenvalue weighted by Crippen LogP contribution is 2.04. The summed E-state index contributed by atoms with van der Waals surface area (Å²) < 4.78 is 0. The van der Waals surface area contributed by atoms with Gasteiger partial charge in [0, 0.05) is 13.1 Å². The molecular formula is C13H30N2. The van der Waals surface area contributed by atoms with Crippen LogP contribution in [0.2, 0.25) is 0 Å². The van der Waals surface area contributed by atoms with Crippen LogP contribution in [0.1, 0.15) is 41.0 Å². The van der Waals surface area contributed by atoms with Gasteiger partial charge in [-0.3, -0.25) is 0 Å². The molecule has 0 aromatic carbocycles. The van der Waals surface area contributed by atoms with E-state index in [-0.39, 0.29) is 0 Å². The van der Waals surface area contributed by atoms with Gasteiger partial charge < -0.3 is 10.2 Å². The fourth-order valence-electron chi connectivity index (χ4n) is 1.89. The molecule has 0 aliphatic carbocycles. The monoisotopic (exact) mass is 214 g/mol. The van der Waals surface area contributed by atoms with Crippen LogP contribution < -0.4 is 5.32 Å². The predicted octanol–water partition coefficient (Wildman–Crippen LogP) is 2.60. The molecule has 0 unspecified atom stereocenters. The van der Waals surface area contributed by atoms with E-state index in [2.05, 4.69) is 44.8 Å². The molecule has 0 aromatic heterocycles. The summed E-state index contributed by atoms with van der Waals surface area (Å²) in [6.45, 7) is 17.3. The first-order chi connectivity index (χ1) is 7.06. The van der Waals surface area contributed by atoms with Crippen molar-refractivity contribution in [2.75, 3.05) is 32.7 Å². The van der Waals surface area contributed by atoms with Gasteiger partial charge in [-0.2, -0.15) is 0 Å². The van der Waals surface area contributed by atoms with Crippen LogP contribution in [-0.4, -0.2) is 37.6 Å². The molecule has 0 radical (unpaired) electrons. The highest BCUT2D eigenvalue weighted by Gasteiger charge is 2.08. The molecule has 0 saturated heterocycles. The lowest BCUT2D eigenvalue weighted by molar-refractivity contribution is 0.216. The molecule has 0 heterocycles. The van der Waals surface area contributed by atoms with Crippen molar-refractivity contribution in [1.82, 2.24) is 10.2 Å². The molecule has 0 aliphatic heterocycles. The Bertz CT molecular complexity index is 122. The first-order valence-electron chi connectivity index (χ1n) is 6.49. The van der Waals surface area contributed by atoms with Crippen LogP contribution in [0.3, 0.4) is 0 Å². The lowest BCUT2D eigenvalue weighted by atomic mass is 10.1. The van der Waals surface area contributed by atoms with Gasteiger partial charge in [0.25, 0.3) is 0 Å². The molecule has 0 atom stereocenters. The van der Waals surface area contributed by atoms with Crippen molar-refractivity contribution in [2.45, 2.75) is 41.0 Å². The summed E-state index contributed by atoms with van der Waals surface area (Å²) in [7, 11) is 0. The fourth-order valence-corrected chi connectivity index (χ4v) is 1.89. The van der Waals surface area contributed by atoms with Crippen LogP contribution in [0, 0.1) is 11.8 Å². The Kier molecular flexibility index (Phi) is 9.12. The van der Waals surface area contributed by atoms with E-state index in [1.54, 1.807) is 0 Å². The van der Waals surface area contributed by atoms with E-state index in [0.717, 1.165) is 24.9 Å². The molecule has 2 nitrogen and oxygen atoms in total. The quantitative estimate of drug-likeness (QED) is 0.594. The summed E-state index contributed by atoms with van der Waals surface area (Å²) in [6.07, 6.45) is 1.27. The number of hydrogen-bond donors (Lipinski definition) is 1. The highest BCUT2D eigenvalue weighted by atomic mass is 15.1. The van der Waals surface area contributed by atoms with Crippen LogP contribution in [0.5, 0.6) is 0 Å². The third kappa shape index (κ3) is 10.2. The molecule has 0 aromatic rings. The van der Waals surface area contributed by atoms with Gasteiger partial charge in [-0.25, -0.2) is 0 Å². The molecule has 0 rings (SSSR count). The number of rotatable bonds is 9. The van der Waals surface area contributed by atoms with Gasteiger partial charge in [0.05, 0.1) is 0 Å². The van der Waals surface area contributed by atoms with Crippen LogP contribution in [0.25, 0.3) is 0 Å². The highest BCUT2D eigenvalue weighted by molar-refractivity contribution is 4.63. The fraction of sp³-hybridized carbons (Fsp3) is 1.00. The molecule has 0 aliphatic rings. The summed E-state index contributed by atoms with van der Waals surface area (Å²) in [6, 6.07) is 0. The average molecular weight is 214 g/mol. The lowest BCUT2D eigenvalue weighted by Gasteiger charge is -2.26. The van der Waals surface area contributed by atoms with Crippen molar-refractivity contribution < 1.29 is 0 Å². The normalized spacial score (nSPS) is 12.0. The van der Waals surface area contributed by atoms with Crippen LogP contribution in [0.4, 0.5) is 0 Å². The molecule has 0 saturated carbocycles. The summed E-state index contributed by atoms with van der Waals surface area (Å²) in [5.74, 6) is 1.56. The molecule has 0 amide bonds. The largest absolute Gasteiger partial charge is 0.317 e. The van der Waals surface area contributed by atoms with Crippen molar-refractivity contribution in [1.29, 1.82) is 0 Å². The molecule has 0 bridgehead atoms. The third-order valence-corrected chi connectivity index (χ3v) is 2.32. The lowest BCUT2D eigenvalue weighted by Crippen LogP contribution is -2.33. The summed E-state index contributed by atoms with van der Waals surface area (Å²) >= 11 is 0. The smallest absolute Gasteiger partial charge is 0.000450 e. The Morgan fingerprint density at radius 3 is 1.93 bits per heavy atom. The number of hydrogen-bond acceptors (Lipinski definition) is 2. The SMILES string of the molecule is CCNCCCN(CC(C)C)CC(C)C. The van der Waals surface area contributed by atoms with Crippen LogP contribution >= 0.6 is 0 Å². The first kappa shape index (κ1) is 14.9. The second-order valence-electron chi connectivity index (χ2n) is 5.25. The van der Waals surface area contributed by atoms with E-state index in [0.29, 0.717) is 0 Å². The second kappa shape index (κ2) is 9.17. The zero-order chi connectivity index (χ0) is 11.7. The Labute approximate surface area is 96.4 Å². The van der Waals surface area contributed by atoms with Gasteiger partial charge in [0.15, 0.2) is 0 Å². The maximum absolute atomic E-state index is 3.38. The van der Waals surface area contributed by atoms with Crippen LogP contribution in [0.15, 0.2) is 0 Å². The van der Waals surface area contributed by atoms with Crippen molar-refractivity contribution in [2.24, 2.45) is 11.8 Å². The van der Waals surface area contributed by atoms with Crippen molar-refractivity contribution in [3.63, 3.8) is 0 Å². The number of nitrogens with one attached hydrogen (secondary N) is 1. The maximum Gasteiger partial charge on any atom is 0.000450 e. The van der Waals surface area contributed by atoms with E-state index in [4.69, 9.17) is 0 Å². The van der Waals surface area contributed by atoms with E-state index in [1.165, 1.54) is 26.1 Å². The molecule has 2 heteroatoms. The Morgan fingerprint density at radius 1 is 1.00 bits per heavy atom. The second-order valence-corrected chi connectivity index (χ2v) is 5.25. The van der Waals surface area contributed by atoms with Crippen LogP contribution in [-0.2, 0) is 0 Å². The van der Waals surface area contributed by atoms with Crippen molar-refractivity contribution in [3.05, 3.63) is 0 Å². The topological polar surface area (TPSA) is 15.3 Å². The molecule has 92 valence electrons. The molecule has 15 heavy (non-hydrogen) atoms. The van der Waals surface area contributed by atoms with Gasteiger partial charge in [-0.05, 0) is 37.9 Å². The Balaban J connectivity index is 3.69. The first-order valence-corrected chi connectivity index (χ1v) is 6.49. The van der Waals surface area contributed by atoms with E-state index in [1.807, 2.05) is 0 Å². The van der Waals surface area contributed by atoms with Gasteiger partial charge in [-0.1, -0.05) is 34.6 Å². The van der Waals surface area contributed by atoms with Crippen molar-refractivity contribution >= 4 is 0 Å². The van der Waals surface area contributed by atoms with E-state index >= 15 is 0 Å². The molecule has 0 fully saturated rings.